The Labute approximate surface area is 100 Å². The maximum atomic E-state index is 3.97. The number of hydrogen-bond acceptors (Lipinski definition) is 0. The molecule has 0 bridgehead atoms. The van der Waals surface area contributed by atoms with E-state index in [1.54, 1.807) is 0 Å². The smallest absolute Gasteiger partial charge is 0.0479 e. The van der Waals surface area contributed by atoms with Crippen molar-refractivity contribution < 1.29 is 0 Å². The lowest BCUT2D eigenvalue weighted by atomic mass is 10.1. The summed E-state index contributed by atoms with van der Waals surface area (Å²) in [5, 5.41) is 2.53. The summed E-state index contributed by atoms with van der Waals surface area (Å²) in [6, 6.07) is 8.79. The Morgan fingerprint density at radius 1 is 1.06 bits per heavy atom. The van der Waals surface area contributed by atoms with Gasteiger partial charge in [0.1, 0.15) is 0 Å². The molecule has 17 heavy (non-hydrogen) atoms. The third-order valence-corrected chi connectivity index (χ3v) is 3.26. The molecule has 1 aromatic carbocycles. The molecular weight excluding hydrogens is 208 g/mol. The lowest BCUT2D eigenvalue weighted by Gasteiger charge is -1.91. The van der Waals surface area contributed by atoms with E-state index in [-0.39, 0.29) is 0 Å². The maximum Gasteiger partial charge on any atom is 0.0479 e. The van der Waals surface area contributed by atoms with Crippen LogP contribution >= 0.6 is 0 Å². The Morgan fingerprint density at radius 2 is 1.76 bits per heavy atom. The second-order valence-electron chi connectivity index (χ2n) is 4.64. The molecule has 0 aliphatic carbocycles. The van der Waals surface area contributed by atoms with E-state index in [9.17, 15) is 0 Å². The van der Waals surface area contributed by atoms with Gasteiger partial charge in [-0.25, -0.2) is 0 Å². The second kappa shape index (κ2) is 3.52. The topological polar surface area (TPSA) is 31.6 Å². The molecule has 0 aliphatic heterocycles. The van der Waals surface area contributed by atoms with Crippen LogP contribution in [0.4, 0.5) is 0 Å². The maximum absolute atomic E-state index is 3.97. The molecule has 2 heteroatoms. The number of aromatic nitrogens is 2. The van der Waals surface area contributed by atoms with Gasteiger partial charge in [-0.3, -0.25) is 0 Å². The summed E-state index contributed by atoms with van der Waals surface area (Å²) >= 11 is 0. The molecule has 2 N–H and O–H groups in total. The fraction of sp³-hybridized carbons (Fsp3) is 0.200. The van der Waals surface area contributed by atoms with Crippen molar-refractivity contribution >= 4 is 27.4 Å². The minimum Gasteiger partial charge on any atom is -0.358 e. The second-order valence-corrected chi connectivity index (χ2v) is 4.64. The highest BCUT2D eigenvalue weighted by molar-refractivity contribution is 5.97. The first kappa shape index (κ1) is 10.2. The van der Waals surface area contributed by atoms with Crippen molar-refractivity contribution in [2.45, 2.75) is 20.3 Å². The number of aryl methyl sites for hydroxylation is 1. The number of nitrogens with one attached hydrogen (secondary N) is 2. The standard InChI is InChI=1S/C15H16N2/c1-4-12-6-10-5-11-7-13(9(2)3)17-15(11)8-14(10)16-12/h5-8,16-17H,2,4H2,1,3H3. The lowest BCUT2D eigenvalue weighted by Crippen LogP contribution is -1.76. The van der Waals surface area contributed by atoms with E-state index < -0.39 is 0 Å². The molecule has 0 aliphatic rings. The fourth-order valence-corrected chi connectivity index (χ4v) is 2.24. The summed E-state index contributed by atoms with van der Waals surface area (Å²) in [5.74, 6) is 0. The monoisotopic (exact) mass is 224 g/mol. The highest BCUT2D eigenvalue weighted by Crippen LogP contribution is 2.25. The van der Waals surface area contributed by atoms with Crippen molar-refractivity contribution in [1.82, 2.24) is 9.97 Å². The van der Waals surface area contributed by atoms with Crippen molar-refractivity contribution in [2.75, 3.05) is 0 Å². The molecule has 3 aromatic rings. The van der Waals surface area contributed by atoms with Crippen LogP contribution in [0, 0.1) is 0 Å². The zero-order valence-electron chi connectivity index (χ0n) is 10.2. The van der Waals surface area contributed by atoms with Crippen LogP contribution in [0.1, 0.15) is 25.2 Å². The minimum absolute atomic E-state index is 1.04. The van der Waals surface area contributed by atoms with Crippen LogP contribution in [0.3, 0.4) is 0 Å². The molecule has 0 atom stereocenters. The third-order valence-electron chi connectivity index (χ3n) is 3.26. The Bertz CT molecular complexity index is 662. The van der Waals surface area contributed by atoms with Crippen LogP contribution in [-0.2, 0) is 6.42 Å². The Morgan fingerprint density at radius 3 is 2.47 bits per heavy atom. The quantitative estimate of drug-likeness (QED) is 0.652. The Balaban J connectivity index is 2.28. The van der Waals surface area contributed by atoms with Crippen LogP contribution in [0.25, 0.3) is 27.4 Å². The molecule has 2 nitrogen and oxygen atoms in total. The van der Waals surface area contributed by atoms with Gasteiger partial charge in [0.2, 0.25) is 0 Å². The minimum atomic E-state index is 1.04. The van der Waals surface area contributed by atoms with E-state index >= 15 is 0 Å². The van der Waals surface area contributed by atoms with E-state index in [0.29, 0.717) is 0 Å². The van der Waals surface area contributed by atoms with Crippen molar-refractivity contribution in [2.24, 2.45) is 0 Å². The number of allylic oxidation sites excluding steroid dienone is 1. The van der Waals surface area contributed by atoms with Gasteiger partial charge in [0.05, 0.1) is 0 Å². The predicted octanol–water partition coefficient (Wildman–Crippen LogP) is 4.24. The summed E-state index contributed by atoms with van der Waals surface area (Å²) < 4.78 is 0. The fourth-order valence-electron chi connectivity index (χ4n) is 2.24. The molecule has 0 fully saturated rings. The van der Waals surface area contributed by atoms with Crippen molar-refractivity contribution in [3.8, 4) is 0 Å². The molecule has 2 aromatic heterocycles. The first-order chi connectivity index (χ1) is 8.17. The van der Waals surface area contributed by atoms with Gasteiger partial charge in [0.15, 0.2) is 0 Å². The van der Waals surface area contributed by atoms with E-state index in [0.717, 1.165) is 17.7 Å². The van der Waals surface area contributed by atoms with Gasteiger partial charge >= 0.3 is 0 Å². The largest absolute Gasteiger partial charge is 0.358 e. The Kier molecular flexibility index (Phi) is 2.11. The van der Waals surface area contributed by atoms with Gasteiger partial charge in [-0.1, -0.05) is 13.5 Å². The highest BCUT2D eigenvalue weighted by Gasteiger charge is 2.05. The van der Waals surface area contributed by atoms with Crippen LogP contribution in [0.2, 0.25) is 0 Å². The molecule has 3 rings (SSSR count). The summed E-state index contributed by atoms with van der Waals surface area (Å²) in [4.78, 5) is 6.83. The number of rotatable bonds is 2. The van der Waals surface area contributed by atoms with E-state index in [2.05, 4.69) is 47.7 Å². The number of aromatic amines is 2. The number of H-pyrrole nitrogens is 2. The zero-order chi connectivity index (χ0) is 12.0. The number of hydrogen-bond donors (Lipinski definition) is 2. The number of fused-ring (bicyclic) bond motifs is 2. The van der Waals surface area contributed by atoms with Crippen molar-refractivity contribution in [3.63, 3.8) is 0 Å². The normalized spacial score (nSPS) is 11.4. The first-order valence-corrected chi connectivity index (χ1v) is 5.97. The lowest BCUT2D eigenvalue weighted by molar-refractivity contribution is 1.07. The zero-order valence-corrected chi connectivity index (χ0v) is 10.2. The molecule has 0 amide bonds. The van der Waals surface area contributed by atoms with Gasteiger partial charge in [-0.15, -0.1) is 0 Å². The first-order valence-electron chi connectivity index (χ1n) is 5.97. The van der Waals surface area contributed by atoms with Gasteiger partial charge in [0.25, 0.3) is 0 Å². The van der Waals surface area contributed by atoms with Crippen LogP contribution < -0.4 is 0 Å². The summed E-state index contributed by atoms with van der Waals surface area (Å²) in [6.45, 7) is 8.15. The van der Waals surface area contributed by atoms with Gasteiger partial charge in [-0.05, 0) is 43.2 Å². The molecule has 0 saturated carbocycles. The van der Waals surface area contributed by atoms with Gasteiger partial charge in [0, 0.05) is 33.2 Å². The van der Waals surface area contributed by atoms with Crippen molar-refractivity contribution in [3.05, 3.63) is 42.2 Å². The average Bonchev–Trinajstić information content (AvgIpc) is 2.87. The average molecular weight is 224 g/mol. The molecule has 0 radical (unpaired) electrons. The van der Waals surface area contributed by atoms with E-state index in [1.807, 2.05) is 6.92 Å². The van der Waals surface area contributed by atoms with Crippen molar-refractivity contribution in [1.29, 1.82) is 0 Å². The van der Waals surface area contributed by atoms with E-state index in [4.69, 9.17) is 0 Å². The summed E-state index contributed by atoms with van der Waals surface area (Å²) in [5.41, 5.74) is 5.83. The van der Waals surface area contributed by atoms with Gasteiger partial charge in [-0.2, -0.15) is 0 Å². The van der Waals surface area contributed by atoms with Crippen LogP contribution in [0.5, 0.6) is 0 Å². The third kappa shape index (κ3) is 1.57. The molecule has 0 saturated heterocycles. The molecule has 2 heterocycles. The van der Waals surface area contributed by atoms with E-state index in [1.165, 1.54) is 27.5 Å². The predicted molar refractivity (Wildman–Crippen MR) is 74.2 cm³/mol. The molecule has 86 valence electrons. The summed E-state index contributed by atoms with van der Waals surface area (Å²) in [6.07, 6.45) is 1.04. The van der Waals surface area contributed by atoms with Gasteiger partial charge < -0.3 is 9.97 Å². The Hall–Kier alpha value is -1.96. The molecular formula is C15H16N2. The van der Waals surface area contributed by atoms with Crippen LogP contribution in [-0.4, -0.2) is 9.97 Å². The highest BCUT2D eigenvalue weighted by atomic mass is 14.7. The number of benzene rings is 1. The molecule has 0 unspecified atom stereocenters. The molecule has 0 spiro atoms. The SMILES string of the molecule is C=C(C)c1cc2cc3cc(CC)[nH]c3cc2[nH]1. The van der Waals surface area contributed by atoms with Crippen LogP contribution in [0.15, 0.2) is 30.8 Å². The summed E-state index contributed by atoms with van der Waals surface area (Å²) in [7, 11) is 0.